The third kappa shape index (κ3) is 9.81. The maximum Gasteiger partial charge on any atom is 0.397 e. The van der Waals surface area contributed by atoms with Crippen molar-refractivity contribution in [2.45, 2.75) is 84.0 Å². The standard InChI is InChI=1S/C41H35Cl4F6N5O6S4/c1-54(12-4-2-6-26(40(46,47)48)34-24-14-20-16-32(65(57,58)59)63-38(20)36(24)55(52-34)30-10-8-22(42)18-28(30)44)13-5-3-7-27(41(49,50)51)35-25-15-21-17-33(66(60,61)62)64-39(21)37(25)56(53-35)31-11-9-23(43)19-29(31)45/h8-11,16-19,26-27H,2-7,12-15H2,1H3,(H,57,58,59)(H,60,61,62). The molecule has 25 heteroatoms. The molecule has 11 nitrogen and oxygen atoms in total. The van der Waals surface area contributed by atoms with Gasteiger partial charge in [0.2, 0.25) is 0 Å². The van der Waals surface area contributed by atoms with Crippen molar-refractivity contribution in [3.63, 3.8) is 0 Å². The molecule has 66 heavy (non-hydrogen) atoms. The Hall–Kier alpha value is -3.22. The molecule has 2 aromatic carbocycles. The van der Waals surface area contributed by atoms with Gasteiger partial charge in [0.1, 0.15) is 8.42 Å². The number of hydrogen-bond acceptors (Lipinski definition) is 9. The van der Waals surface area contributed by atoms with E-state index in [0.29, 0.717) is 69.5 Å². The zero-order chi connectivity index (χ0) is 47.8. The van der Waals surface area contributed by atoms with E-state index >= 15 is 0 Å². The molecule has 0 spiro atoms. The lowest BCUT2D eigenvalue weighted by molar-refractivity contribution is -0.154. The third-order valence-corrected chi connectivity index (χ3v) is 17.6. The number of aromatic nitrogens is 4. The Balaban J connectivity index is 0.942. The fourth-order valence-electron chi connectivity index (χ4n) is 8.55. The molecule has 4 aromatic heterocycles. The van der Waals surface area contributed by atoms with Gasteiger partial charge in [0.15, 0.2) is 0 Å². The van der Waals surface area contributed by atoms with Gasteiger partial charge >= 0.3 is 32.6 Å². The van der Waals surface area contributed by atoms with Crippen LogP contribution >= 0.6 is 69.1 Å². The molecule has 0 fully saturated rings. The fourth-order valence-corrected chi connectivity index (χ4v) is 13.4. The van der Waals surface area contributed by atoms with E-state index in [4.69, 9.17) is 46.4 Å². The van der Waals surface area contributed by atoms with Gasteiger partial charge in [-0.3, -0.25) is 9.11 Å². The highest BCUT2D eigenvalue weighted by Crippen LogP contribution is 2.52. The zero-order valence-corrected chi connectivity index (χ0v) is 40.3. The molecular weight excluding hydrogens is 1040 g/mol. The Kier molecular flexibility index (Phi) is 13.6. The van der Waals surface area contributed by atoms with Crippen LogP contribution in [0.25, 0.3) is 32.5 Å². The summed E-state index contributed by atoms with van der Waals surface area (Å²) in [4.78, 5) is 2.51. The summed E-state index contributed by atoms with van der Waals surface area (Å²) in [6, 6.07) is 11.2. The molecule has 0 radical (unpaired) electrons. The lowest BCUT2D eigenvalue weighted by Crippen LogP contribution is -2.25. The summed E-state index contributed by atoms with van der Waals surface area (Å²) in [5, 5.41) is 9.60. The number of rotatable bonds is 16. The highest BCUT2D eigenvalue weighted by atomic mass is 35.5. The average Bonchev–Trinajstić information content (AvgIpc) is 4.03. The molecule has 2 aliphatic rings. The normalized spacial score (nSPS) is 14.8. The molecule has 2 aliphatic carbocycles. The molecule has 4 heterocycles. The second kappa shape index (κ2) is 18.3. The first-order valence-corrected chi connectivity index (χ1v) is 26.0. The van der Waals surface area contributed by atoms with Gasteiger partial charge < -0.3 is 4.90 Å². The number of nitrogens with zero attached hydrogens (tertiary/aromatic N) is 5. The van der Waals surface area contributed by atoms with E-state index in [1.54, 1.807) is 7.05 Å². The minimum Gasteiger partial charge on any atom is -0.306 e. The van der Waals surface area contributed by atoms with E-state index in [-0.39, 0.29) is 112 Å². The summed E-state index contributed by atoms with van der Waals surface area (Å²) in [5.74, 6) is -4.01. The smallest absolute Gasteiger partial charge is 0.306 e. The highest BCUT2D eigenvalue weighted by Gasteiger charge is 2.47. The first-order valence-electron chi connectivity index (χ1n) is 20.0. The van der Waals surface area contributed by atoms with Gasteiger partial charge in [0.25, 0.3) is 0 Å². The molecule has 2 unspecified atom stereocenters. The van der Waals surface area contributed by atoms with E-state index in [1.807, 2.05) is 4.90 Å². The molecule has 2 N–H and O–H groups in total. The van der Waals surface area contributed by atoms with Crippen molar-refractivity contribution in [3.05, 3.63) is 102 Å². The third-order valence-electron chi connectivity index (χ3n) is 11.6. The number of unbranched alkanes of at least 4 members (excludes halogenated alkanes) is 2. The summed E-state index contributed by atoms with van der Waals surface area (Å²) in [5.41, 5.74) is 1.78. The molecule has 0 saturated carbocycles. The van der Waals surface area contributed by atoms with Crippen molar-refractivity contribution in [2.24, 2.45) is 0 Å². The highest BCUT2D eigenvalue weighted by molar-refractivity contribution is 7.88. The van der Waals surface area contributed by atoms with Gasteiger partial charge in [-0.25, -0.2) is 9.36 Å². The van der Waals surface area contributed by atoms with Crippen LogP contribution in [0.15, 0.2) is 56.9 Å². The van der Waals surface area contributed by atoms with Crippen LogP contribution in [0, 0.1) is 0 Å². The van der Waals surface area contributed by atoms with Crippen LogP contribution in [0.4, 0.5) is 26.3 Å². The first kappa shape index (κ1) is 49.2. The monoisotopic (exact) mass is 1080 g/mol. The van der Waals surface area contributed by atoms with Crippen molar-refractivity contribution in [2.75, 3.05) is 20.1 Å². The molecule has 8 rings (SSSR count). The van der Waals surface area contributed by atoms with Crippen LogP contribution in [0.5, 0.6) is 0 Å². The molecule has 2 atom stereocenters. The maximum absolute atomic E-state index is 14.9. The molecule has 0 saturated heterocycles. The molecule has 6 aromatic rings. The van der Waals surface area contributed by atoms with E-state index < -0.39 is 44.4 Å². The minimum atomic E-state index is -4.72. The Morgan fingerprint density at radius 1 is 0.652 bits per heavy atom. The van der Waals surface area contributed by atoms with Crippen molar-refractivity contribution < 1.29 is 52.3 Å². The van der Waals surface area contributed by atoms with Crippen LogP contribution in [0.2, 0.25) is 20.1 Å². The minimum absolute atomic E-state index is 0.0594. The summed E-state index contributed by atoms with van der Waals surface area (Å²) in [7, 11) is -7.46. The van der Waals surface area contributed by atoms with Gasteiger partial charge in [0, 0.05) is 34.0 Å². The predicted octanol–water partition coefficient (Wildman–Crippen LogP) is 12.7. The summed E-state index contributed by atoms with van der Waals surface area (Å²) < 4.78 is 159. The van der Waals surface area contributed by atoms with E-state index in [1.165, 1.54) is 57.9 Å². The quantitative estimate of drug-likeness (QED) is 0.0548. The second-order valence-corrected chi connectivity index (χ2v) is 23.2. The number of halogens is 10. The van der Waals surface area contributed by atoms with Gasteiger partial charge in [-0.05, 0) is 105 Å². The molecule has 0 amide bonds. The average molecular weight is 1080 g/mol. The lowest BCUT2D eigenvalue weighted by Gasteiger charge is -2.22. The van der Waals surface area contributed by atoms with E-state index in [9.17, 15) is 52.3 Å². The van der Waals surface area contributed by atoms with Crippen molar-refractivity contribution in [1.29, 1.82) is 0 Å². The lowest BCUT2D eigenvalue weighted by atomic mass is 9.93. The molecule has 354 valence electrons. The number of thiophene rings is 2. The van der Waals surface area contributed by atoms with Crippen LogP contribution in [-0.4, -0.2) is 82.9 Å². The van der Waals surface area contributed by atoms with Gasteiger partial charge in [-0.15, -0.1) is 22.7 Å². The van der Waals surface area contributed by atoms with Gasteiger partial charge in [0.05, 0.1) is 65.8 Å². The fraction of sp³-hybridized carbons (Fsp3) is 0.366. The van der Waals surface area contributed by atoms with Crippen molar-refractivity contribution in [3.8, 4) is 32.5 Å². The number of hydrogen-bond donors (Lipinski definition) is 2. The number of fused-ring (bicyclic) bond motifs is 6. The Bertz CT molecular complexity index is 2890. The maximum atomic E-state index is 14.9. The largest absolute Gasteiger partial charge is 0.397 e. The predicted molar refractivity (Wildman–Crippen MR) is 242 cm³/mol. The van der Waals surface area contributed by atoms with Gasteiger partial charge in [-0.2, -0.15) is 53.4 Å². The Morgan fingerprint density at radius 2 is 1.03 bits per heavy atom. The molecular formula is C41H35Cl4F6N5O6S4. The number of alkyl halides is 6. The van der Waals surface area contributed by atoms with Crippen LogP contribution in [0.1, 0.15) is 84.0 Å². The van der Waals surface area contributed by atoms with Crippen LogP contribution in [-0.2, 0) is 33.1 Å². The zero-order valence-electron chi connectivity index (χ0n) is 34.0. The van der Waals surface area contributed by atoms with E-state index in [2.05, 4.69) is 10.2 Å². The summed E-state index contributed by atoms with van der Waals surface area (Å²) in [6.07, 6.45) is -9.36. The molecule has 0 aliphatic heterocycles. The van der Waals surface area contributed by atoms with Crippen molar-refractivity contribution >= 4 is 89.3 Å². The second-order valence-electron chi connectivity index (χ2n) is 16.1. The summed E-state index contributed by atoms with van der Waals surface area (Å²) >= 11 is 26.6. The van der Waals surface area contributed by atoms with Crippen molar-refractivity contribution in [1.82, 2.24) is 24.5 Å². The Morgan fingerprint density at radius 3 is 1.36 bits per heavy atom. The topological polar surface area (TPSA) is 148 Å². The van der Waals surface area contributed by atoms with Gasteiger partial charge in [-0.1, -0.05) is 59.2 Å². The first-order chi connectivity index (χ1) is 30.8. The van der Waals surface area contributed by atoms with E-state index in [0.717, 1.165) is 0 Å². The van der Waals surface area contributed by atoms with Crippen LogP contribution in [0.3, 0.4) is 0 Å². The van der Waals surface area contributed by atoms with Crippen LogP contribution < -0.4 is 0 Å². The Labute approximate surface area is 402 Å². The summed E-state index contributed by atoms with van der Waals surface area (Å²) in [6.45, 7) is 0.702. The molecule has 0 bridgehead atoms. The SMILES string of the molecule is CN(CCCCC(c1nn(-c2ccc(Cl)cc2Cl)c2c1Cc1cc(S(=O)(=O)O)sc1-2)C(F)(F)F)CCCCC(c1nn(-c2ccc(Cl)cc2Cl)c2c1Cc1cc(S(=O)(=O)O)sc1-2)C(F)(F)F. The number of benzene rings is 2.